The van der Waals surface area contributed by atoms with Gasteiger partial charge >= 0.3 is 0 Å². The number of nitrogens with zero attached hydrogens (tertiary/aromatic N) is 2. The number of benzene rings is 1. The molecular weight excluding hydrogens is 370 g/mol. The van der Waals surface area contributed by atoms with Crippen molar-refractivity contribution < 1.29 is 9.21 Å². The molecule has 0 saturated carbocycles. The summed E-state index contributed by atoms with van der Waals surface area (Å²) < 4.78 is 5.77. The standard InChI is InChI=1S/C22H25N3O2S/c1-16-19(24-22(27-16)20-10-6-12-28-20)13-21(26)25-11-5-9-18(15-25)23-14-17-7-3-2-4-8-17/h2-4,6-8,10,12,18,23H,5,9,11,13-15H2,1H3. The van der Waals surface area contributed by atoms with Gasteiger partial charge < -0.3 is 14.6 Å². The van der Waals surface area contributed by atoms with Gasteiger partial charge in [-0.25, -0.2) is 4.98 Å². The first kappa shape index (κ1) is 18.9. The van der Waals surface area contributed by atoms with Crippen molar-refractivity contribution in [2.45, 2.75) is 38.8 Å². The number of hydrogen-bond acceptors (Lipinski definition) is 5. The summed E-state index contributed by atoms with van der Waals surface area (Å²) in [5.74, 6) is 1.46. The zero-order valence-corrected chi connectivity index (χ0v) is 16.9. The van der Waals surface area contributed by atoms with Crippen LogP contribution in [-0.4, -0.2) is 34.9 Å². The van der Waals surface area contributed by atoms with Gasteiger partial charge in [-0.05, 0) is 36.8 Å². The molecule has 1 aromatic carbocycles. The number of nitrogens with one attached hydrogen (secondary N) is 1. The van der Waals surface area contributed by atoms with Gasteiger partial charge in [0.25, 0.3) is 0 Å². The van der Waals surface area contributed by atoms with Crippen molar-refractivity contribution in [2.24, 2.45) is 0 Å². The highest BCUT2D eigenvalue weighted by Gasteiger charge is 2.25. The van der Waals surface area contributed by atoms with E-state index in [4.69, 9.17) is 4.42 Å². The van der Waals surface area contributed by atoms with Crippen molar-refractivity contribution in [3.63, 3.8) is 0 Å². The van der Waals surface area contributed by atoms with Crippen molar-refractivity contribution in [1.29, 1.82) is 0 Å². The third-order valence-corrected chi connectivity index (χ3v) is 6.01. The maximum atomic E-state index is 12.9. The van der Waals surface area contributed by atoms with Crippen molar-refractivity contribution in [2.75, 3.05) is 13.1 Å². The van der Waals surface area contributed by atoms with Crippen LogP contribution >= 0.6 is 11.3 Å². The third kappa shape index (κ3) is 4.51. The predicted molar refractivity (Wildman–Crippen MR) is 111 cm³/mol. The molecule has 3 heterocycles. The number of oxazole rings is 1. The van der Waals surface area contributed by atoms with Crippen LogP contribution in [0, 0.1) is 6.92 Å². The first-order valence-corrected chi connectivity index (χ1v) is 10.6. The van der Waals surface area contributed by atoms with Gasteiger partial charge in [0.15, 0.2) is 0 Å². The Bertz CT molecular complexity index is 905. The second kappa shape index (κ2) is 8.71. The van der Waals surface area contributed by atoms with Gasteiger partial charge in [0.05, 0.1) is 17.0 Å². The fourth-order valence-corrected chi connectivity index (χ4v) is 4.23. The Morgan fingerprint density at radius 3 is 2.93 bits per heavy atom. The Balaban J connectivity index is 1.34. The van der Waals surface area contributed by atoms with E-state index in [9.17, 15) is 4.79 Å². The lowest BCUT2D eigenvalue weighted by Crippen LogP contribution is -2.48. The Labute approximate surface area is 169 Å². The van der Waals surface area contributed by atoms with E-state index in [-0.39, 0.29) is 5.91 Å². The van der Waals surface area contributed by atoms with E-state index >= 15 is 0 Å². The number of carbonyl (C=O) groups excluding carboxylic acids is 1. The zero-order chi connectivity index (χ0) is 19.3. The van der Waals surface area contributed by atoms with Gasteiger partial charge in [-0.2, -0.15) is 0 Å². The first-order chi connectivity index (χ1) is 13.7. The quantitative estimate of drug-likeness (QED) is 0.684. The fourth-order valence-electron chi connectivity index (χ4n) is 3.58. The van der Waals surface area contributed by atoms with Crippen LogP contribution in [0.15, 0.2) is 52.3 Å². The Hall–Kier alpha value is -2.44. The lowest BCUT2D eigenvalue weighted by molar-refractivity contribution is -0.131. The molecule has 4 rings (SSSR count). The highest BCUT2D eigenvalue weighted by Crippen LogP contribution is 2.26. The Kier molecular flexibility index (Phi) is 5.88. The number of carbonyl (C=O) groups is 1. The first-order valence-electron chi connectivity index (χ1n) is 9.74. The van der Waals surface area contributed by atoms with Crippen molar-refractivity contribution in [1.82, 2.24) is 15.2 Å². The number of hydrogen-bond donors (Lipinski definition) is 1. The summed E-state index contributed by atoms with van der Waals surface area (Å²) in [7, 11) is 0. The topological polar surface area (TPSA) is 58.4 Å². The molecule has 1 amide bonds. The van der Waals surface area contributed by atoms with Gasteiger partial charge in [0, 0.05) is 25.7 Å². The minimum atomic E-state index is 0.125. The number of rotatable bonds is 6. The summed E-state index contributed by atoms with van der Waals surface area (Å²) in [6.07, 6.45) is 2.42. The molecule has 1 aliphatic heterocycles. The molecule has 1 unspecified atom stereocenters. The van der Waals surface area contributed by atoms with E-state index < -0.39 is 0 Å². The SMILES string of the molecule is Cc1oc(-c2cccs2)nc1CC(=O)N1CCCC(NCc2ccccc2)C1. The van der Waals surface area contributed by atoms with Crippen LogP contribution in [0.2, 0.25) is 0 Å². The molecule has 5 nitrogen and oxygen atoms in total. The average Bonchev–Trinajstić information content (AvgIpc) is 3.38. The number of aryl methyl sites for hydroxylation is 1. The van der Waals surface area contributed by atoms with Gasteiger partial charge in [-0.15, -0.1) is 11.3 Å². The van der Waals surface area contributed by atoms with Crippen LogP contribution in [-0.2, 0) is 17.8 Å². The van der Waals surface area contributed by atoms with Crippen LogP contribution in [0.1, 0.15) is 29.9 Å². The number of piperidine rings is 1. The van der Waals surface area contributed by atoms with Gasteiger partial charge in [0.1, 0.15) is 5.76 Å². The normalized spacial score (nSPS) is 17.0. The molecule has 0 spiro atoms. The van der Waals surface area contributed by atoms with Crippen molar-refractivity contribution in [3.05, 3.63) is 64.9 Å². The van der Waals surface area contributed by atoms with E-state index in [1.807, 2.05) is 35.4 Å². The molecule has 0 bridgehead atoms. The van der Waals surface area contributed by atoms with Crippen molar-refractivity contribution >= 4 is 17.2 Å². The Morgan fingerprint density at radius 1 is 1.29 bits per heavy atom. The summed E-state index contributed by atoms with van der Waals surface area (Å²) in [5.41, 5.74) is 2.01. The summed E-state index contributed by atoms with van der Waals surface area (Å²) in [6, 6.07) is 14.7. The second-order valence-corrected chi connectivity index (χ2v) is 8.17. The minimum Gasteiger partial charge on any atom is -0.440 e. The smallest absolute Gasteiger partial charge is 0.236 e. The molecular formula is C22H25N3O2S. The maximum absolute atomic E-state index is 12.9. The van der Waals surface area contributed by atoms with E-state index in [2.05, 4.69) is 34.6 Å². The van der Waals surface area contributed by atoms with Crippen LogP contribution in [0.5, 0.6) is 0 Å². The number of likely N-dealkylation sites (tertiary alicyclic amines) is 1. The molecule has 1 aliphatic rings. The predicted octanol–water partition coefficient (Wildman–Crippen LogP) is 4.03. The summed E-state index contributed by atoms with van der Waals surface area (Å²) in [5, 5.41) is 5.59. The maximum Gasteiger partial charge on any atom is 0.236 e. The highest BCUT2D eigenvalue weighted by atomic mass is 32.1. The zero-order valence-electron chi connectivity index (χ0n) is 16.1. The second-order valence-electron chi connectivity index (χ2n) is 7.22. The average molecular weight is 396 g/mol. The molecule has 28 heavy (non-hydrogen) atoms. The van der Waals surface area contributed by atoms with E-state index in [1.54, 1.807) is 11.3 Å². The molecule has 0 radical (unpaired) electrons. The van der Waals surface area contributed by atoms with Crippen LogP contribution in [0.3, 0.4) is 0 Å². The largest absolute Gasteiger partial charge is 0.440 e. The van der Waals surface area contributed by atoms with Crippen LogP contribution in [0.4, 0.5) is 0 Å². The summed E-state index contributed by atoms with van der Waals surface area (Å²) in [6.45, 7) is 4.28. The van der Waals surface area contributed by atoms with E-state index in [0.29, 0.717) is 18.4 Å². The van der Waals surface area contributed by atoms with E-state index in [1.165, 1.54) is 5.56 Å². The summed E-state index contributed by atoms with van der Waals surface area (Å²) >= 11 is 1.59. The molecule has 6 heteroatoms. The Morgan fingerprint density at radius 2 is 2.14 bits per heavy atom. The number of thiophene rings is 1. The molecule has 1 N–H and O–H groups in total. The molecule has 1 atom stereocenters. The fraction of sp³-hybridized carbons (Fsp3) is 0.364. The molecule has 1 saturated heterocycles. The highest BCUT2D eigenvalue weighted by molar-refractivity contribution is 7.13. The molecule has 0 aliphatic carbocycles. The number of amides is 1. The number of aromatic nitrogens is 1. The van der Waals surface area contributed by atoms with E-state index in [0.717, 1.165) is 48.8 Å². The minimum absolute atomic E-state index is 0.125. The van der Waals surface area contributed by atoms with Crippen molar-refractivity contribution in [3.8, 4) is 10.8 Å². The molecule has 146 valence electrons. The third-order valence-electron chi connectivity index (χ3n) is 5.16. The molecule has 1 fully saturated rings. The van der Waals surface area contributed by atoms with Crippen LogP contribution in [0.25, 0.3) is 10.8 Å². The lowest BCUT2D eigenvalue weighted by Gasteiger charge is -2.33. The van der Waals surface area contributed by atoms with Gasteiger partial charge in [-0.3, -0.25) is 4.79 Å². The van der Waals surface area contributed by atoms with Gasteiger partial charge in [0.2, 0.25) is 11.8 Å². The monoisotopic (exact) mass is 395 g/mol. The molecule has 3 aromatic rings. The van der Waals surface area contributed by atoms with Gasteiger partial charge in [-0.1, -0.05) is 36.4 Å². The lowest BCUT2D eigenvalue weighted by atomic mass is 10.0. The molecule has 2 aromatic heterocycles. The van der Waals surface area contributed by atoms with Crippen LogP contribution < -0.4 is 5.32 Å². The summed E-state index contributed by atoms with van der Waals surface area (Å²) in [4.78, 5) is 20.4.